The second-order valence-corrected chi connectivity index (χ2v) is 3.11. The van der Waals surface area contributed by atoms with Crippen molar-refractivity contribution >= 4 is 0 Å². The maximum absolute atomic E-state index is 10.1. The first-order valence-corrected chi connectivity index (χ1v) is 4.01. The zero-order valence-electron chi connectivity index (χ0n) is 6.79. The molecule has 0 spiro atoms. The molecule has 0 saturated carbocycles. The topological polar surface area (TPSA) is 52.9 Å². The molecule has 1 N–H and O–H groups in total. The molecule has 0 bridgehead atoms. The summed E-state index contributed by atoms with van der Waals surface area (Å²) < 4.78 is 0. The van der Waals surface area contributed by atoms with Crippen LogP contribution >= 0.6 is 0 Å². The fourth-order valence-corrected chi connectivity index (χ4v) is 1.35. The lowest BCUT2D eigenvalue weighted by atomic mass is 9.90. The van der Waals surface area contributed by atoms with Crippen molar-refractivity contribution in [1.29, 1.82) is 0 Å². The Hall–Kier alpha value is -0.640. The van der Waals surface area contributed by atoms with E-state index in [2.05, 4.69) is 5.29 Å². The van der Waals surface area contributed by atoms with Crippen LogP contribution in [0.1, 0.15) is 26.2 Å². The maximum Gasteiger partial charge on any atom is 0.0680 e. The Bertz CT molecular complexity index is 141. The first kappa shape index (κ1) is 8.46. The maximum atomic E-state index is 10.1. The van der Waals surface area contributed by atoms with Crippen LogP contribution in [0.15, 0.2) is 5.29 Å². The van der Waals surface area contributed by atoms with E-state index in [0.717, 1.165) is 6.42 Å². The Kier molecular flexibility index (Phi) is 2.44. The van der Waals surface area contributed by atoms with E-state index >= 15 is 0 Å². The van der Waals surface area contributed by atoms with Gasteiger partial charge in [-0.2, -0.15) is 0 Å². The fraction of sp³-hybridized carbons (Fsp3) is 1.00. The van der Waals surface area contributed by atoms with E-state index in [1.807, 2.05) is 6.92 Å². The molecular weight excluding hydrogens is 144 g/mol. The van der Waals surface area contributed by atoms with Gasteiger partial charge < -0.3 is 5.11 Å². The molecule has 64 valence electrons. The number of hydrogen-bond donors (Lipinski definition) is 1. The lowest BCUT2D eigenvalue weighted by Gasteiger charge is -2.34. The van der Waals surface area contributed by atoms with Gasteiger partial charge in [-0.05, 0) is 19.3 Å². The van der Waals surface area contributed by atoms with E-state index in [4.69, 9.17) is 0 Å². The van der Waals surface area contributed by atoms with E-state index in [0.29, 0.717) is 25.9 Å². The number of nitroso groups, excluding NO2 is 1. The highest BCUT2D eigenvalue weighted by atomic mass is 16.3. The zero-order valence-corrected chi connectivity index (χ0v) is 6.79. The molecule has 1 saturated heterocycles. The third-order valence-corrected chi connectivity index (χ3v) is 2.44. The molecule has 1 fully saturated rings. The van der Waals surface area contributed by atoms with Crippen molar-refractivity contribution < 1.29 is 5.11 Å². The van der Waals surface area contributed by atoms with Crippen LogP contribution in [-0.4, -0.2) is 28.8 Å². The molecule has 0 atom stereocenters. The predicted octanol–water partition coefficient (Wildman–Crippen LogP) is 0.905. The summed E-state index contributed by atoms with van der Waals surface area (Å²) in [5.41, 5.74) is -0.540. The second-order valence-electron chi connectivity index (χ2n) is 3.11. The molecule has 1 aliphatic heterocycles. The molecule has 0 aromatic rings. The minimum absolute atomic E-state index is 0.540. The molecule has 0 amide bonds. The third-order valence-electron chi connectivity index (χ3n) is 2.44. The van der Waals surface area contributed by atoms with Gasteiger partial charge in [-0.25, -0.2) is 0 Å². The zero-order chi connectivity index (χ0) is 8.32. The average Bonchev–Trinajstić information content (AvgIpc) is 2.06. The van der Waals surface area contributed by atoms with Crippen LogP contribution in [0.4, 0.5) is 0 Å². The second kappa shape index (κ2) is 3.17. The van der Waals surface area contributed by atoms with Gasteiger partial charge in [0.1, 0.15) is 0 Å². The summed E-state index contributed by atoms with van der Waals surface area (Å²) in [6, 6.07) is 0. The minimum Gasteiger partial charge on any atom is -0.390 e. The van der Waals surface area contributed by atoms with E-state index in [1.54, 1.807) is 0 Å². The van der Waals surface area contributed by atoms with Crippen molar-refractivity contribution in [1.82, 2.24) is 5.01 Å². The summed E-state index contributed by atoms with van der Waals surface area (Å²) in [4.78, 5) is 10.1. The van der Waals surface area contributed by atoms with Crippen molar-refractivity contribution in [2.75, 3.05) is 13.1 Å². The first-order valence-electron chi connectivity index (χ1n) is 4.01. The Morgan fingerprint density at radius 1 is 1.55 bits per heavy atom. The van der Waals surface area contributed by atoms with Gasteiger partial charge in [0.25, 0.3) is 0 Å². The molecule has 0 radical (unpaired) electrons. The molecule has 1 aliphatic rings. The van der Waals surface area contributed by atoms with E-state index in [1.165, 1.54) is 5.01 Å². The largest absolute Gasteiger partial charge is 0.390 e. The Morgan fingerprint density at radius 3 is 2.45 bits per heavy atom. The molecule has 0 unspecified atom stereocenters. The van der Waals surface area contributed by atoms with Gasteiger partial charge in [-0.15, -0.1) is 4.91 Å². The normalized spacial score (nSPS) is 23.3. The fourth-order valence-electron chi connectivity index (χ4n) is 1.35. The monoisotopic (exact) mass is 158 g/mol. The predicted molar refractivity (Wildman–Crippen MR) is 41.8 cm³/mol. The lowest BCUT2D eigenvalue weighted by Crippen LogP contribution is -2.41. The number of piperidine rings is 1. The Balaban J connectivity index is 2.40. The molecule has 4 nitrogen and oxygen atoms in total. The molecule has 1 heterocycles. The van der Waals surface area contributed by atoms with Gasteiger partial charge >= 0.3 is 0 Å². The summed E-state index contributed by atoms with van der Waals surface area (Å²) in [6.45, 7) is 3.14. The smallest absolute Gasteiger partial charge is 0.0680 e. The van der Waals surface area contributed by atoms with Crippen molar-refractivity contribution in [2.24, 2.45) is 5.29 Å². The van der Waals surface area contributed by atoms with E-state index in [-0.39, 0.29) is 0 Å². The highest BCUT2D eigenvalue weighted by molar-refractivity contribution is 4.83. The van der Waals surface area contributed by atoms with Crippen molar-refractivity contribution in [2.45, 2.75) is 31.8 Å². The molecule has 1 rings (SSSR count). The van der Waals surface area contributed by atoms with E-state index in [9.17, 15) is 10.0 Å². The van der Waals surface area contributed by atoms with Gasteiger partial charge in [0.05, 0.1) is 10.9 Å². The van der Waals surface area contributed by atoms with Crippen LogP contribution in [0.25, 0.3) is 0 Å². The summed E-state index contributed by atoms with van der Waals surface area (Å²) in [7, 11) is 0. The number of hydrogen-bond acceptors (Lipinski definition) is 3. The van der Waals surface area contributed by atoms with Crippen LogP contribution in [-0.2, 0) is 0 Å². The minimum atomic E-state index is -0.540. The summed E-state index contributed by atoms with van der Waals surface area (Å²) in [6.07, 6.45) is 2.09. The van der Waals surface area contributed by atoms with Crippen LogP contribution in [0.5, 0.6) is 0 Å². The molecular formula is C7H14N2O2. The van der Waals surface area contributed by atoms with Crippen LogP contribution in [0, 0.1) is 4.91 Å². The number of nitrogens with zero attached hydrogens (tertiary/aromatic N) is 2. The highest BCUT2D eigenvalue weighted by Gasteiger charge is 2.30. The average molecular weight is 158 g/mol. The van der Waals surface area contributed by atoms with Crippen LogP contribution < -0.4 is 0 Å². The molecule has 0 aliphatic carbocycles. The van der Waals surface area contributed by atoms with Gasteiger partial charge in [0, 0.05) is 13.1 Å². The quantitative estimate of drug-likeness (QED) is 0.607. The van der Waals surface area contributed by atoms with E-state index < -0.39 is 5.60 Å². The summed E-state index contributed by atoms with van der Waals surface area (Å²) >= 11 is 0. The van der Waals surface area contributed by atoms with Gasteiger partial charge in [-0.3, -0.25) is 5.01 Å². The van der Waals surface area contributed by atoms with Crippen molar-refractivity contribution in [3.05, 3.63) is 4.91 Å². The number of aliphatic hydroxyl groups is 1. The van der Waals surface area contributed by atoms with Crippen molar-refractivity contribution in [3.8, 4) is 0 Å². The van der Waals surface area contributed by atoms with Crippen LogP contribution in [0.3, 0.4) is 0 Å². The molecule has 0 aromatic heterocycles. The van der Waals surface area contributed by atoms with Gasteiger partial charge in [-0.1, -0.05) is 6.92 Å². The standard InChI is InChI=1S/C7H14N2O2/c1-2-7(10)3-5-9(8-11)6-4-7/h10H,2-6H2,1H3. The molecule has 0 aromatic carbocycles. The first-order chi connectivity index (χ1) is 5.20. The number of rotatable bonds is 2. The highest BCUT2D eigenvalue weighted by Crippen LogP contribution is 2.24. The summed E-state index contributed by atoms with van der Waals surface area (Å²) in [5, 5.41) is 14.0. The molecule has 11 heavy (non-hydrogen) atoms. The summed E-state index contributed by atoms with van der Waals surface area (Å²) in [5.74, 6) is 0. The van der Waals surface area contributed by atoms with Crippen molar-refractivity contribution in [3.63, 3.8) is 0 Å². The third kappa shape index (κ3) is 1.89. The lowest BCUT2D eigenvalue weighted by molar-refractivity contribution is -0.0238. The Labute approximate surface area is 66.1 Å². The van der Waals surface area contributed by atoms with Gasteiger partial charge in [0.15, 0.2) is 0 Å². The molecule has 4 heteroatoms. The van der Waals surface area contributed by atoms with Crippen LogP contribution in [0.2, 0.25) is 0 Å². The SMILES string of the molecule is CCC1(O)CCN(N=O)CC1. The van der Waals surface area contributed by atoms with Gasteiger partial charge in [0.2, 0.25) is 0 Å². The Morgan fingerprint density at radius 2 is 2.09 bits per heavy atom.